The van der Waals surface area contributed by atoms with E-state index in [0.29, 0.717) is 5.52 Å². The molecule has 0 saturated carbocycles. The molecule has 164 valence electrons. The minimum atomic E-state index is -1.14. The van der Waals surface area contributed by atoms with E-state index in [1.165, 1.54) is 12.1 Å². The van der Waals surface area contributed by atoms with Crippen LogP contribution in [0.25, 0.3) is 10.9 Å². The van der Waals surface area contributed by atoms with E-state index in [4.69, 9.17) is 4.74 Å². The fourth-order valence-electron chi connectivity index (χ4n) is 4.09. The van der Waals surface area contributed by atoms with Gasteiger partial charge in [-0.1, -0.05) is 24.3 Å². The monoisotopic (exact) mass is 443 g/mol. The third kappa shape index (κ3) is 3.43. The lowest BCUT2D eigenvalue weighted by atomic mass is 10.0. The number of carbonyl (C=O) groups excluding carboxylic acids is 5. The molecule has 1 unspecified atom stereocenters. The van der Waals surface area contributed by atoms with E-state index in [-0.39, 0.29) is 29.5 Å². The van der Waals surface area contributed by atoms with Crippen LogP contribution in [-0.4, -0.2) is 57.2 Å². The number of hydrogen-bond donors (Lipinski definition) is 0. The zero-order chi connectivity index (χ0) is 23.1. The number of benzene rings is 2. The number of fused-ring (bicyclic) bond motifs is 2. The van der Waals surface area contributed by atoms with Crippen molar-refractivity contribution in [2.24, 2.45) is 0 Å². The molecule has 5 rings (SSSR count). The maximum atomic E-state index is 13.0. The Kier molecular flexibility index (Phi) is 4.93. The van der Waals surface area contributed by atoms with Gasteiger partial charge in [0.25, 0.3) is 17.7 Å². The first-order valence-corrected chi connectivity index (χ1v) is 10.3. The maximum Gasteiger partial charge on any atom is 0.339 e. The second kappa shape index (κ2) is 7.94. The minimum absolute atomic E-state index is 0.0178. The van der Waals surface area contributed by atoms with Crippen molar-refractivity contribution >= 4 is 40.5 Å². The zero-order valence-corrected chi connectivity index (χ0v) is 17.3. The van der Waals surface area contributed by atoms with Crippen molar-refractivity contribution < 1.29 is 28.7 Å². The van der Waals surface area contributed by atoms with Crippen LogP contribution in [0.3, 0.4) is 0 Å². The topological polar surface area (TPSA) is 114 Å². The molecule has 0 radical (unpaired) electrons. The molecule has 0 N–H and O–H groups in total. The summed E-state index contributed by atoms with van der Waals surface area (Å²) in [5.74, 6) is -3.19. The summed E-state index contributed by atoms with van der Waals surface area (Å²) in [6.07, 6.45) is 1.55. The Bertz CT molecular complexity index is 1320. The lowest BCUT2D eigenvalue weighted by molar-refractivity contribution is -0.156. The highest BCUT2D eigenvalue weighted by Crippen LogP contribution is 2.29. The third-order valence-electron chi connectivity index (χ3n) is 5.79. The SMILES string of the molecule is O=C(OCN1C(=O)CCC(N2C(=O)c3ccccc3C2=O)C1=O)c1ccc2cccnc2c1. The Labute approximate surface area is 187 Å². The number of hydrogen-bond acceptors (Lipinski definition) is 7. The van der Waals surface area contributed by atoms with Crippen molar-refractivity contribution in [2.75, 3.05) is 6.73 Å². The van der Waals surface area contributed by atoms with Gasteiger partial charge < -0.3 is 4.74 Å². The molecule has 9 heteroatoms. The van der Waals surface area contributed by atoms with E-state index in [9.17, 15) is 24.0 Å². The van der Waals surface area contributed by atoms with Gasteiger partial charge in [0.15, 0.2) is 6.73 Å². The van der Waals surface area contributed by atoms with Crippen LogP contribution in [0.1, 0.15) is 43.9 Å². The number of ether oxygens (including phenoxy) is 1. The third-order valence-corrected chi connectivity index (χ3v) is 5.79. The van der Waals surface area contributed by atoms with Gasteiger partial charge in [-0.05, 0) is 36.8 Å². The molecule has 0 spiro atoms. The van der Waals surface area contributed by atoms with Crippen LogP contribution >= 0.6 is 0 Å². The quantitative estimate of drug-likeness (QED) is 0.448. The summed E-state index contributed by atoms with van der Waals surface area (Å²) in [5, 5.41) is 0.847. The summed E-state index contributed by atoms with van der Waals surface area (Å²) in [5.41, 5.74) is 1.25. The number of likely N-dealkylation sites (tertiary alicyclic amines) is 1. The van der Waals surface area contributed by atoms with Crippen molar-refractivity contribution in [3.05, 3.63) is 77.5 Å². The van der Waals surface area contributed by atoms with Gasteiger partial charge in [-0.15, -0.1) is 0 Å². The zero-order valence-electron chi connectivity index (χ0n) is 17.3. The summed E-state index contributed by atoms with van der Waals surface area (Å²) < 4.78 is 5.21. The van der Waals surface area contributed by atoms with Gasteiger partial charge in [0, 0.05) is 18.0 Å². The molecule has 1 fully saturated rings. The van der Waals surface area contributed by atoms with Gasteiger partial charge in [-0.2, -0.15) is 0 Å². The second-order valence-corrected chi connectivity index (χ2v) is 7.71. The highest BCUT2D eigenvalue weighted by Gasteiger charge is 2.47. The first kappa shape index (κ1) is 20.5. The average molecular weight is 443 g/mol. The van der Waals surface area contributed by atoms with Crippen LogP contribution in [0.15, 0.2) is 60.8 Å². The number of amides is 4. The van der Waals surface area contributed by atoms with Crippen molar-refractivity contribution in [1.82, 2.24) is 14.8 Å². The normalized spacial score (nSPS) is 18.1. The van der Waals surface area contributed by atoms with Crippen LogP contribution < -0.4 is 0 Å². The highest BCUT2D eigenvalue weighted by molar-refractivity contribution is 6.23. The Morgan fingerprint density at radius 2 is 1.70 bits per heavy atom. The van der Waals surface area contributed by atoms with Gasteiger partial charge in [0.05, 0.1) is 22.2 Å². The molecule has 1 atom stereocenters. The summed E-state index contributed by atoms with van der Waals surface area (Å²) in [6.45, 7) is -0.615. The van der Waals surface area contributed by atoms with Crippen LogP contribution in [-0.2, 0) is 14.3 Å². The van der Waals surface area contributed by atoms with Crippen molar-refractivity contribution in [2.45, 2.75) is 18.9 Å². The van der Waals surface area contributed by atoms with Gasteiger partial charge in [0.1, 0.15) is 6.04 Å². The predicted molar refractivity (Wildman–Crippen MR) is 114 cm³/mol. The number of piperidine rings is 1. The lowest BCUT2D eigenvalue weighted by Crippen LogP contribution is -2.56. The van der Waals surface area contributed by atoms with Gasteiger partial charge >= 0.3 is 5.97 Å². The summed E-state index contributed by atoms with van der Waals surface area (Å²) in [7, 11) is 0. The van der Waals surface area contributed by atoms with Crippen molar-refractivity contribution in [3.8, 4) is 0 Å². The van der Waals surface area contributed by atoms with Crippen molar-refractivity contribution in [3.63, 3.8) is 0 Å². The number of carbonyl (C=O) groups is 5. The molecule has 1 saturated heterocycles. The van der Waals surface area contributed by atoms with E-state index < -0.39 is 42.4 Å². The fraction of sp³-hybridized carbons (Fsp3) is 0.167. The van der Waals surface area contributed by atoms with Gasteiger partial charge in [-0.3, -0.25) is 29.1 Å². The molecular formula is C24H17N3O6. The molecule has 2 aliphatic heterocycles. The number of esters is 1. The van der Waals surface area contributed by atoms with Crippen molar-refractivity contribution in [1.29, 1.82) is 0 Å². The van der Waals surface area contributed by atoms with Crippen LogP contribution in [0.5, 0.6) is 0 Å². The van der Waals surface area contributed by atoms with E-state index in [1.54, 1.807) is 42.6 Å². The van der Waals surface area contributed by atoms with E-state index in [2.05, 4.69) is 4.98 Å². The number of nitrogens with zero attached hydrogens (tertiary/aromatic N) is 3. The lowest BCUT2D eigenvalue weighted by Gasteiger charge is -2.33. The van der Waals surface area contributed by atoms with Crippen LogP contribution in [0.2, 0.25) is 0 Å². The summed E-state index contributed by atoms with van der Waals surface area (Å²) in [4.78, 5) is 69.3. The highest BCUT2D eigenvalue weighted by atomic mass is 16.5. The predicted octanol–water partition coefficient (Wildman–Crippen LogP) is 2.16. The molecule has 33 heavy (non-hydrogen) atoms. The Hall–Kier alpha value is -4.40. The summed E-state index contributed by atoms with van der Waals surface area (Å²) in [6, 6.07) is 13.6. The van der Waals surface area contributed by atoms with Crippen LogP contribution in [0, 0.1) is 0 Å². The first-order chi connectivity index (χ1) is 16.0. The smallest absolute Gasteiger partial charge is 0.339 e. The molecule has 3 heterocycles. The number of rotatable bonds is 4. The molecule has 1 aromatic heterocycles. The van der Waals surface area contributed by atoms with Gasteiger partial charge in [-0.25, -0.2) is 9.69 Å². The summed E-state index contributed by atoms with van der Waals surface area (Å²) >= 11 is 0. The first-order valence-electron chi connectivity index (χ1n) is 10.3. The van der Waals surface area contributed by atoms with Gasteiger partial charge in [0.2, 0.25) is 5.91 Å². The number of pyridine rings is 1. The minimum Gasteiger partial charge on any atom is -0.440 e. The number of imide groups is 2. The standard InChI is InChI=1S/C24H17N3O6/c28-20-10-9-19(27-21(29)16-5-1-2-6-17(16)22(27)30)23(31)26(20)13-33-24(32)15-8-7-14-4-3-11-25-18(14)12-15/h1-8,11-12,19H,9-10,13H2. The molecule has 0 aliphatic carbocycles. The molecule has 9 nitrogen and oxygen atoms in total. The fourth-order valence-corrected chi connectivity index (χ4v) is 4.09. The molecule has 4 amide bonds. The molecule has 2 aromatic carbocycles. The second-order valence-electron chi connectivity index (χ2n) is 7.71. The van der Waals surface area contributed by atoms with E-state index in [0.717, 1.165) is 15.2 Å². The molecule has 3 aromatic rings. The molecular weight excluding hydrogens is 426 g/mol. The van der Waals surface area contributed by atoms with Crippen LogP contribution in [0.4, 0.5) is 0 Å². The Morgan fingerprint density at radius 1 is 0.970 bits per heavy atom. The van der Waals surface area contributed by atoms with E-state index >= 15 is 0 Å². The Morgan fingerprint density at radius 3 is 2.42 bits per heavy atom. The number of aromatic nitrogens is 1. The maximum absolute atomic E-state index is 13.0. The molecule has 2 aliphatic rings. The molecule has 0 bridgehead atoms. The Balaban J connectivity index is 1.32. The largest absolute Gasteiger partial charge is 0.440 e. The average Bonchev–Trinajstić information content (AvgIpc) is 3.09. The van der Waals surface area contributed by atoms with E-state index in [1.807, 2.05) is 6.07 Å².